The van der Waals surface area contributed by atoms with Crippen LogP contribution in [0.1, 0.15) is 26.2 Å². The van der Waals surface area contributed by atoms with Crippen LogP contribution in [0.15, 0.2) is 59.7 Å². The Balaban J connectivity index is 1.55. The normalized spacial score (nSPS) is 14.6. The third kappa shape index (κ3) is 4.01. The van der Waals surface area contributed by atoms with Crippen molar-refractivity contribution in [1.82, 2.24) is 9.55 Å². The molecule has 1 saturated carbocycles. The van der Waals surface area contributed by atoms with Crippen molar-refractivity contribution in [2.24, 2.45) is 5.92 Å². The second kappa shape index (κ2) is 8.07. The van der Waals surface area contributed by atoms with E-state index in [2.05, 4.69) is 11.9 Å². The average molecular weight is 391 g/mol. The molecule has 1 aliphatic rings. The summed E-state index contributed by atoms with van der Waals surface area (Å²) in [5.74, 6) is 1.30. The molecule has 0 saturated heterocycles. The molecule has 1 fully saturated rings. The van der Waals surface area contributed by atoms with Crippen molar-refractivity contribution in [2.45, 2.75) is 38.8 Å². The Kier molecular flexibility index (Phi) is 5.34. The molecule has 1 atom stereocenters. The van der Waals surface area contributed by atoms with E-state index in [9.17, 15) is 9.59 Å². The second-order valence-corrected chi connectivity index (χ2v) is 7.55. The Morgan fingerprint density at radius 2 is 1.93 bits per heavy atom. The summed E-state index contributed by atoms with van der Waals surface area (Å²) in [7, 11) is 1.63. The van der Waals surface area contributed by atoms with Gasteiger partial charge in [0.05, 0.1) is 24.3 Å². The van der Waals surface area contributed by atoms with E-state index in [-0.39, 0.29) is 23.9 Å². The van der Waals surface area contributed by atoms with Gasteiger partial charge in [-0.05, 0) is 62.1 Å². The summed E-state index contributed by atoms with van der Waals surface area (Å²) < 4.78 is 6.76. The first-order valence-electron chi connectivity index (χ1n) is 9.99. The number of aromatic nitrogens is 2. The van der Waals surface area contributed by atoms with Crippen molar-refractivity contribution in [1.29, 1.82) is 0 Å². The van der Waals surface area contributed by atoms with Gasteiger partial charge in [-0.3, -0.25) is 14.2 Å². The summed E-state index contributed by atoms with van der Waals surface area (Å²) in [5, 5.41) is 0.570. The number of rotatable bonds is 7. The molecule has 29 heavy (non-hydrogen) atoms. The number of anilines is 1. The molecule has 1 heterocycles. The molecule has 1 aliphatic carbocycles. The van der Waals surface area contributed by atoms with Crippen LogP contribution in [0.3, 0.4) is 0 Å². The van der Waals surface area contributed by atoms with Gasteiger partial charge in [-0.2, -0.15) is 0 Å². The zero-order valence-electron chi connectivity index (χ0n) is 16.7. The maximum atomic E-state index is 13.2. The van der Waals surface area contributed by atoms with Crippen LogP contribution in [0.2, 0.25) is 0 Å². The largest absolute Gasteiger partial charge is 0.497 e. The van der Waals surface area contributed by atoms with E-state index >= 15 is 0 Å². The van der Waals surface area contributed by atoms with Gasteiger partial charge in [-0.15, -0.1) is 0 Å². The Hall–Kier alpha value is -3.15. The number of fused-ring (bicyclic) bond motifs is 1. The van der Waals surface area contributed by atoms with E-state index in [0.717, 1.165) is 24.3 Å². The van der Waals surface area contributed by atoms with E-state index in [1.807, 2.05) is 47.4 Å². The van der Waals surface area contributed by atoms with Crippen LogP contribution in [-0.2, 0) is 11.3 Å². The molecule has 150 valence electrons. The van der Waals surface area contributed by atoms with Crippen molar-refractivity contribution in [3.8, 4) is 5.75 Å². The van der Waals surface area contributed by atoms with Crippen molar-refractivity contribution < 1.29 is 9.53 Å². The molecule has 0 N–H and O–H groups in total. The first-order valence-corrected chi connectivity index (χ1v) is 9.99. The van der Waals surface area contributed by atoms with Gasteiger partial charge in [-0.25, -0.2) is 4.98 Å². The number of nitrogens with zero attached hydrogens (tertiary/aromatic N) is 3. The van der Waals surface area contributed by atoms with Gasteiger partial charge in [0, 0.05) is 24.7 Å². The molecule has 6 nitrogen and oxygen atoms in total. The Morgan fingerprint density at radius 1 is 1.21 bits per heavy atom. The van der Waals surface area contributed by atoms with Gasteiger partial charge in [-0.1, -0.05) is 12.1 Å². The predicted molar refractivity (Wildman–Crippen MR) is 113 cm³/mol. The Bertz CT molecular complexity index is 1070. The van der Waals surface area contributed by atoms with Crippen LogP contribution in [0.5, 0.6) is 5.75 Å². The van der Waals surface area contributed by atoms with Crippen LogP contribution in [0.25, 0.3) is 10.9 Å². The molecule has 0 radical (unpaired) electrons. The summed E-state index contributed by atoms with van der Waals surface area (Å²) in [6.07, 6.45) is 4.06. The van der Waals surface area contributed by atoms with Gasteiger partial charge in [0.15, 0.2) is 0 Å². The number of ether oxygens (including phenoxy) is 1. The molecular formula is C23H25N3O3. The smallest absolute Gasteiger partial charge is 0.261 e. The fourth-order valence-corrected chi connectivity index (χ4v) is 3.74. The summed E-state index contributed by atoms with van der Waals surface area (Å²) >= 11 is 0. The standard InChI is InChI=1S/C23H25N3O3/c1-16(17-7-8-17)26(18-9-11-19(29-2)12-10-18)22(27)13-14-25-15-24-21-6-4-3-5-20(21)23(25)28/h3-6,9-12,15-17H,7-8,13-14H2,1-2H3. The lowest BCUT2D eigenvalue weighted by Crippen LogP contribution is -2.40. The van der Waals surface area contributed by atoms with Crippen molar-refractivity contribution in [2.75, 3.05) is 12.0 Å². The number of para-hydroxylation sites is 1. The quantitative estimate of drug-likeness (QED) is 0.617. The van der Waals surface area contributed by atoms with Crippen molar-refractivity contribution in [3.63, 3.8) is 0 Å². The molecule has 3 aromatic rings. The van der Waals surface area contributed by atoms with Gasteiger partial charge < -0.3 is 9.64 Å². The van der Waals surface area contributed by atoms with Crippen LogP contribution >= 0.6 is 0 Å². The van der Waals surface area contributed by atoms with Crippen LogP contribution in [-0.4, -0.2) is 28.6 Å². The van der Waals surface area contributed by atoms with E-state index in [1.54, 1.807) is 13.2 Å². The predicted octanol–water partition coefficient (Wildman–Crippen LogP) is 3.63. The zero-order chi connectivity index (χ0) is 20.4. The first-order chi connectivity index (χ1) is 14.1. The molecule has 1 amide bonds. The summed E-state index contributed by atoms with van der Waals surface area (Å²) in [5.41, 5.74) is 1.41. The van der Waals surface area contributed by atoms with E-state index in [0.29, 0.717) is 23.4 Å². The first kappa shape index (κ1) is 19.2. The highest BCUT2D eigenvalue weighted by molar-refractivity contribution is 5.94. The fraction of sp³-hybridized carbons (Fsp3) is 0.348. The third-order valence-corrected chi connectivity index (χ3v) is 5.63. The number of amides is 1. The highest BCUT2D eigenvalue weighted by Crippen LogP contribution is 2.37. The van der Waals surface area contributed by atoms with E-state index in [4.69, 9.17) is 4.74 Å². The number of methoxy groups -OCH3 is 1. The lowest BCUT2D eigenvalue weighted by atomic mass is 10.1. The summed E-state index contributed by atoms with van der Waals surface area (Å²) in [6.45, 7) is 2.41. The lowest BCUT2D eigenvalue weighted by molar-refractivity contribution is -0.119. The van der Waals surface area contributed by atoms with Crippen molar-refractivity contribution >= 4 is 22.5 Å². The van der Waals surface area contributed by atoms with Crippen molar-refractivity contribution in [3.05, 3.63) is 65.2 Å². The van der Waals surface area contributed by atoms with Crippen LogP contribution in [0, 0.1) is 5.92 Å². The number of carbonyl (C=O) groups is 1. The number of carbonyl (C=O) groups excluding carboxylic acids is 1. The number of aryl methyl sites for hydroxylation is 1. The SMILES string of the molecule is COc1ccc(N(C(=O)CCn2cnc3ccccc3c2=O)C(C)C2CC2)cc1. The monoisotopic (exact) mass is 391 g/mol. The highest BCUT2D eigenvalue weighted by Gasteiger charge is 2.35. The Labute approximate surface area is 169 Å². The molecule has 6 heteroatoms. The Morgan fingerprint density at radius 3 is 2.62 bits per heavy atom. The van der Waals surface area contributed by atoms with Gasteiger partial charge in [0.25, 0.3) is 5.56 Å². The van der Waals surface area contributed by atoms with Crippen LogP contribution in [0.4, 0.5) is 5.69 Å². The number of hydrogen-bond donors (Lipinski definition) is 0. The minimum atomic E-state index is -0.116. The third-order valence-electron chi connectivity index (χ3n) is 5.63. The van der Waals surface area contributed by atoms with Gasteiger partial charge in [0.1, 0.15) is 5.75 Å². The molecule has 0 bridgehead atoms. The highest BCUT2D eigenvalue weighted by atomic mass is 16.5. The molecule has 1 unspecified atom stereocenters. The van der Waals surface area contributed by atoms with E-state index < -0.39 is 0 Å². The molecule has 0 spiro atoms. The fourth-order valence-electron chi connectivity index (χ4n) is 3.74. The molecule has 1 aromatic heterocycles. The minimum Gasteiger partial charge on any atom is -0.497 e. The summed E-state index contributed by atoms with van der Waals surface area (Å²) in [6, 6.07) is 15.0. The number of benzene rings is 2. The second-order valence-electron chi connectivity index (χ2n) is 7.55. The molecule has 0 aliphatic heterocycles. The van der Waals surface area contributed by atoms with Crippen LogP contribution < -0.4 is 15.2 Å². The maximum Gasteiger partial charge on any atom is 0.261 e. The van der Waals surface area contributed by atoms with E-state index in [1.165, 1.54) is 10.9 Å². The van der Waals surface area contributed by atoms with Gasteiger partial charge in [0.2, 0.25) is 5.91 Å². The zero-order valence-corrected chi connectivity index (χ0v) is 16.7. The maximum absolute atomic E-state index is 13.2. The minimum absolute atomic E-state index is 0.00891. The number of hydrogen-bond acceptors (Lipinski definition) is 4. The molecule has 4 rings (SSSR count). The lowest BCUT2D eigenvalue weighted by Gasteiger charge is -2.30. The summed E-state index contributed by atoms with van der Waals surface area (Å²) in [4.78, 5) is 32.1. The average Bonchev–Trinajstić information content (AvgIpc) is 3.59. The molecule has 2 aromatic carbocycles. The van der Waals surface area contributed by atoms with Gasteiger partial charge >= 0.3 is 0 Å². The topological polar surface area (TPSA) is 64.4 Å². The molecular weight excluding hydrogens is 366 g/mol.